The Balaban J connectivity index is 0. The van der Waals surface area contributed by atoms with Crippen LogP contribution in [-0.2, 0) is 26.5 Å². The van der Waals surface area contributed by atoms with Crippen LogP contribution in [0.25, 0.3) is 0 Å². The molecule has 0 spiro atoms. The van der Waals surface area contributed by atoms with E-state index >= 15 is 0 Å². The van der Waals surface area contributed by atoms with Crippen LogP contribution in [0.3, 0.4) is 0 Å². The van der Waals surface area contributed by atoms with E-state index in [1.807, 2.05) is 13.8 Å². The molecule has 17 heavy (non-hydrogen) atoms. The third-order valence-corrected chi connectivity index (χ3v) is 2.62. The fourth-order valence-corrected chi connectivity index (χ4v) is 1.80. The summed E-state index contributed by atoms with van der Waals surface area (Å²) in [7, 11) is 0. The summed E-state index contributed by atoms with van der Waals surface area (Å²) < 4.78 is 5.32. The first-order valence-corrected chi connectivity index (χ1v) is 6.55. The molecule has 0 fully saturated rings. The van der Waals surface area contributed by atoms with Crippen LogP contribution in [-0.4, -0.2) is 28.7 Å². The SMILES string of the molecule is CCCCCCCCC(O)(CO)OC(C)C.[Ti]. The van der Waals surface area contributed by atoms with Gasteiger partial charge in [0.1, 0.15) is 0 Å². The van der Waals surface area contributed by atoms with E-state index in [9.17, 15) is 5.11 Å². The maximum Gasteiger partial charge on any atom is 0.189 e. The van der Waals surface area contributed by atoms with Crippen LogP contribution in [0.5, 0.6) is 0 Å². The molecular formula is C13H28O3Ti. The van der Waals surface area contributed by atoms with Crippen molar-refractivity contribution in [3.05, 3.63) is 0 Å². The summed E-state index contributed by atoms with van der Waals surface area (Å²) in [6.45, 7) is 5.60. The number of unbranched alkanes of at least 4 members (excludes halogenated alkanes) is 5. The maximum atomic E-state index is 9.92. The predicted octanol–water partition coefficient (Wildman–Crippen LogP) is 2.84. The van der Waals surface area contributed by atoms with E-state index < -0.39 is 5.79 Å². The van der Waals surface area contributed by atoms with Crippen LogP contribution in [0.1, 0.15) is 65.7 Å². The minimum atomic E-state index is -1.33. The molecule has 0 aliphatic heterocycles. The molecule has 0 bridgehead atoms. The van der Waals surface area contributed by atoms with Crippen molar-refractivity contribution in [1.29, 1.82) is 0 Å². The Morgan fingerprint density at radius 3 is 2.06 bits per heavy atom. The van der Waals surface area contributed by atoms with Crippen molar-refractivity contribution in [2.75, 3.05) is 6.61 Å². The zero-order valence-corrected chi connectivity index (χ0v) is 13.1. The van der Waals surface area contributed by atoms with Crippen LogP contribution in [0.2, 0.25) is 0 Å². The molecule has 102 valence electrons. The molecule has 1 atom stereocenters. The van der Waals surface area contributed by atoms with Crippen LogP contribution in [0.15, 0.2) is 0 Å². The van der Waals surface area contributed by atoms with E-state index in [0.29, 0.717) is 6.42 Å². The summed E-state index contributed by atoms with van der Waals surface area (Å²) in [4.78, 5) is 0. The molecule has 1 unspecified atom stereocenters. The second kappa shape index (κ2) is 11.7. The van der Waals surface area contributed by atoms with Crippen molar-refractivity contribution in [3.8, 4) is 0 Å². The summed E-state index contributed by atoms with van der Waals surface area (Å²) in [6.07, 6.45) is 7.47. The fraction of sp³-hybridized carbons (Fsp3) is 1.00. The van der Waals surface area contributed by atoms with E-state index in [-0.39, 0.29) is 34.4 Å². The molecule has 0 amide bonds. The van der Waals surface area contributed by atoms with Gasteiger partial charge in [0.15, 0.2) is 5.79 Å². The second-order valence-electron chi connectivity index (χ2n) is 4.79. The molecule has 2 N–H and O–H groups in total. The first kappa shape index (κ1) is 19.9. The molecule has 0 saturated heterocycles. The van der Waals surface area contributed by atoms with Gasteiger partial charge in [0, 0.05) is 28.1 Å². The molecule has 0 rings (SSSR count). The second-order valence-corrected chi connectivity index (χ2v) is 4.79. The predicted molar refractivity (Wildman–Crippen MR) is 66.2 cm³/mol. The molecule has 0 heterocycles. The van der Waals surface area contributed by atoms with Crippen molar-refractivity contribution in [1.82, 2.24) is 0 Å². The molecule has 0 aliphatic carbocycles. The average molecular weight is 280 g/mol. The number of hydrogen-bond donors (Lipinski definition) is 2. The van der Waals surface area contributed by atoms with Gasteiger partial charge >= 0.3 is 0 Å². The van der Waals surface area contributed by atoms with Gasteiger partial charge in [-0.3, -0.25) is 0 Å². The van der Waals surface area contributed by atoms with Crippen molar-refractivity contribution in [2.24, 2.45) is 0 Å². The minimum Gasteiger partial charge on any atom is -0.391 e. The maximum absolute atomic E-state index is 9.92. The Bertz CT molecular complexity index is 165. The first-order valence-electron chi connectivity index (χ1n) is 6.55. The average Bonchev–Trinajstić information content (AvgIpc) is 2.22. The number of rotatable bonds is 10. The van der Waals surface area contributed by atoms with Crippen LogP contribution >= 0.6 is 0 Å². The monoisotopic (exact) mass is 280 g/mol. The first-order chi connectivity index (χ1) is 7.54. The Hall–Kier alpha value is 0.594. The summed E-state index contributed by atoms with van der Waals surface area (Å²) >= 11 is 0. The number of aliphatic hydroxyl groups excluding tert-OH is 1. The molecule has 0 radical (unpaired) electrons. The smallest absolute Gasteiger partial charge is 0.189 e. The van der Waals surface area contributed by atoms with Gasteiger partial charge in [-0.1, -0.05) is 39.0 Å². The van der Waals surface area contributed by atoms with Crippen molar-refractivity contribution in [2.45, 2.75) is 77.6 Å². The summed E-state index contributed by atoms with van der Waals surface area (Å²) in [5, 5.41) is 19.0. The number of ether oxygens (including phenoxy) is 1. The molecular weight excluding hydrogens is 252 g/mol. The van der Waals surface area contributed by atoms with Crippen LogP contribution in [0.4, 0.5) is 0 Å². The third kappa shape index (κ3) is 11.4. The normalized spacial score (nSPS) is 14.5. The molecule has 3 nitrogen and oxygen atoms in total. The third-order valence-electron chi connectivity index (χ3n) is 2.62. The molecule has 0 aromatic heterocycles. The van der Waals surface area contributed by atoms with Crippen LogP contribution < -0.4 is 0 Å². The van der Waals surface area contributed by atoms with Gasteiger partial charge in [-0.25, -0.2) is 0 Å². The van der Waals surface area contributed by atoms with E-state index in [1.165, 1.54) is 25.7 Å². The van der Waals surface area contributed by atoms with E-state index in [1.54, 1.807) is 0 Å². The fourth-order valence-electron chi connectivity index (χ4n) is 1.80. The van der Waals surface area contributed by atoms with Gasteiger partial charge in [-0.15, -0.1) is 0 Å². The molecule has 0 saturated carbocycles. The van der Waals surface area contributed by atoms with Crippen molar-refractivity contribution in [3.63, 3.8) is 0 Å². The van der Waals surface area contributed by atoms with E-state index in [2.05, 4.69) is 6.92 Å². The molecule has 4 heteroatoms. The standard InChI is InChI=1S/C13H28O3.Ti/c1-4-5-6-7-8-9-10-13(15,11-14)16-12(2)3;/h12,14-15H,4-11H2,1-3H3;. The quantitative estimate of drug-likeness (QED) is 0.367. The zero-order chi connectivity index (χ0) is 12.4. The van der Waals surface area contributed by atoms with Gasteiger partial charge in [-0.2, -0.15) is 0 Å². The Labute approximate surface area is 121 Å². The number of aliphatic hydroxyl groups is 2. The van der Waals surface area contributed by atoms with E-state index in [4.69, 9.17) is 9.84 Å². The topological polar surface area (TPSA) is 49.7 Å². The Morgan fingerprint density at radius 1 is 1.06 bits per heavy atom. The van der Waals surface area contributed by atoms with Crippen molar-refractivity contribution < 1.29 is 36.7 Å². The number of hydrogen-bond acceptors (Lipinski definition) is 3. The summed E-state index contributed by atoms with van der Waals surface area (Å²) in [5.74, 6) is -1.33. The zero-order valence-electron chi connectivity index (χ0n) is 11.5. The van der Waals surface area contributed by atoms with E-state index in [0.717, 1.165) is 12.8 Å². The van der Waals surface area contributed by atoms with Gasteiger partial charge < -0.3 is 14.9 Å². The summed E-state index contributed by atoms with van der Waals surface area (Å²) in [6, 6.07) is 0. The molecule has 0 aromatic carbocycles. The van der Waals surface area contributed by atoms with Gasteiger partial charge in [0.05, 0.1) is 12.7 Å². The van der Waals surface area contributed by atoms with Gasteiger partial charge in [0.25, 0.3) is 0 Å². The minimum absolute atomic E-state index is 0. The molecule has 0 aromatic rings. The molecule has 0 aliphatic rings. The van der Waals surface area contributed by atoms with Gasteiger partial charge in [0.2, 0.25) is 0 Å². The Kier molecular flexibility index (Phi) is 13.7. The van der Waals surface area contributed by atoms with Crippen molar-refractivity contribution >= 4 is 0 Å². The van der Waals surface area contributed by atoms with Crippen LogP contribution in [0, 0.1) is 0 Å². The Morgan fingerprint density at radius 2 is 1.59 bits per heavy atom. The largest absolute Gasteiger partial charge is 0.391 e. The van der Waals surface area contributed by atoms with Gasteiger partial charge in [-0.05, 0) is 20.3 Å². The summed E-state index contributed by atoms with van der Waals surface area (Å²) in [5.41, 5.74) is 0.